The summed E-state index contributed by atoms with van der Waals surface area (Å²) in [6, 6.07) is 12.6. The third-order valence-electron chi connectivity index (χ3n) is 2.70. The molecule has 0 aliphatic heterocycles. The maximum atomic E-state index is 8.93. The Morgan fingerprint density at radius 3 is 2.55 bits per heavy atom. The van der Waals surface area contributed by atoms with Crippen molar-refractivity contribution in [2.45, 2.75) is 10.2 Å². The van der Waals surface area contributed by atoms with Gasteiger partial charge in [-0.2, -0.15) is 5.26 Å². The zero-order valence-corrected chi connectivity index (χ0v) is 13.2. The average Bonchev–Trinajstić information content (AvgIpc) is 2.98. The van der Waals surface area contributed by atoms with Crippen molar-refractivity contribution in [1.29, 1.82) is 5.26 Å². The molecular formula is C14H7Cl2N5S. The minimum atomic E-state index is 0.181. The van der Waals surface area contributed by atoms with Crippen LogP contribution in [-0.4, -0.2) is 20.2 Å². The third-order valence-corrected chi connectivity index (χ3v) is 4.06. The maximum absolute atomic E-state index is 8.93. The van der Waals surface area contributed by atoms with E-state index in [4.69, 9.17) is 28.5 Å². The molecule has 0 aliphatic rings. The van der Waals surface area contributed by atoms with Gasteiger partial charge in [-0.3, -0.25) is 5.10 Å². The molecule has 108 valence electrons. The summed E-state index contributed by atoms with van der Waals surface area (Å²) in [5, 5.41) is 18.0. The summed E-state index contributed by atoms with van der Waals surface area (Å²) in [7, 11) is 0. The van der Waals surface area contributed by atoms with Gasteiger partial charge in [0.05, 0.1) is 5.02 Å². The Morgan fingerprint density at radius 1 is 1.05 bits per heavy atom. The Labute approximate surface area is 140 Å². The van der Waals surface area contributed by atoms with E-state index in [2.05, 4.69) is 20.2 Å². The number of nitrogens with one attached hydrogen (secondary N) is 1. The number of nitrogens with zero attached hydrogens (tertiary/aromatic N) is 4. The molecule has 5 nitrogen and oxygen atoms in total. The monoisotopic (exact) mass is 347 g/mol. The Hall–Kier alpha value is -2.07. The Bertz CT molecular complexity index is 854. The van der Waals surface area contributed by atoms with E-state index in [-0.39, 0.29) is 5.69 Å². The molecule has 2 aromatic heterocycles. The van der Waals surface area contributed by atoms with Crippen LogP contribution >= 0.6 is 35.0 Å². The van der Waals surface area contributed by atoms with E-state index in [9.17, 15) is 0 Å². The first kappa shape index (κ1) is 14.9. The van der Waals surface area contributed by atoms with Crippen molar-refractivity contribution in [3.63, 3.8) is 0 Å². The van der Waals surface area contributed by atoms with Crippen molar-refractivity contribution in [3.05, 3.63) is 52.1 Å². The first-order valence-electron chi connectivity index (χ1n) is 6.08. The van der Waals surface area contributed by atoms with E-state index >= 15 is 0 Å². The summed E-state index contributed by atoms with van der Waals surface area (Å²) in [5.74, 6) is 0.633. The summed E-state index contributed by atoms with van der Waals surface area (Å²) < 4.78 is 0. The van der Waals surface area contributed by atoms with Crippen LogP contribution in [0.4, 0.5) is 0 Å². The molecule has 0 amide bonds. The molecule has 8 heteroatoms. The molecule has 0 spiro atoms. The number of nitriles is 1. The second kappa shape index (κ2) is 6.36. The Balaban J connectivity index is 1.83. The van der Waals surface area contributed by atoms with Crippen molar-refractivity contribution >= 4 is 35.0 Å². The number of rotatable bonds is 3. The van der Waals surface area contributed by atoms with Gasteiger partial charge in [-0.05, 0) is 48.2 Å². The zero-order valence-electron chi connectivity index (χ0n) is 10.9. The van der Waals surface area contributed by atoms with Crippen LogP contribution in [0.25, 0.3) is 11.4 Å². The predicted molar refractivity (Wildman–Crippen MR) is 84.9 cm³/mol. The van der Waals surface area contributed by atoms with Crippen molar-refractivity contribution < 1.29 is 0 Å². The van der Waals surface area contributed by atoms with Gasteiger partial charge in [0.2, 0.25) is 5.16 Å². The van der Waals surface area contributed by atoms with Crippen LogP contribution in [0.1, 0.15) is 5.69 Å². The molecule has 0 fully saturated rings. The lowest BCUT2D eigenvalue weighted by Gasteiger charge is -1.98. The van der Waals surface area contributed by atoms with Gasteiger partial charge in [-0.1, -0.05) is 23.2 Å². The van der Waals surface area contributed by atoms with Gasteiger partial charge in [0.15, 0.2) is 11.5 Å². The average molecular weight is 348 g/mol. The topological polar surface area (TPSA) is 78.2 Å². The van der Waals surface area contributed by atoms with E-state index in [0.717, 1.165) is 5.56 Å². The molecule has 0 saturated carbocycles. The molecule has 0 radical (unpaired) electrons. The highest BCUT2D eigenvalue weighted by molar-refractivity contribution is 7.99. The molecule has 0 aliphatic carbocycles. The first-order chi connectivity index (χ1) is 10.7. The fraction of sp³-hybridized carbons (Fsp3) is 0. The SMILES string of the molecule is N#Cc1nc(Sc2n[nH]c(-c3ccc(Cl)cc3)n2)ccc1Cl. The summed E-state index contributed by atoms with van der Waals surface area (Å²) in [5.41, 5.74) is 1.06. The minimum Gasteiger partial charge on any atom is -0.258 e. The Morgan fingerprint density at radius 2 is 1.82 bits per heavy atom. The lowest BCUT2D eigenvalue weighted by atomic mass is 10.2. The second-order valence-electron chi connectivity index (χ2n) is 4.17. The lowest BCUT2D eigenvalue weighted by Crippen LogP contribution is -1.87. The molecule has 3 aromatic rings. The first-order valence-corrected chi connectivity index (χ1v) is 7.66. The molecule has 22 heavy (non-hydrogen) atoms. The van der Waals surface area contributed by atoms with Crippen LogP contribution in [0.3, 0.4) is 0 Å². The highest BCUT2D eigenvalue weighted by atomic mass is 35.5. The highest BCUT2D eigenvalue weighted by Gasteiger charge is 2.10. The van der Waals surface area contributed by atoms with Gasteiger partial charge < -0.3 is 0 Å². The Kier molecular flexibility index (Phi) is 4.29. The van der Waals surface area contributed by atoms with Gasteiger partial charge in [-0.25, -0.2) is 9.97 Å². The number of hydrogen-bond donors (Lipinski definition) is 1. The van der Waals surface area contributed by atoms with E-state index in [1.54, 1.807) is 24.3 Å². The molecular weight excluding hydrogens is 341 g/mol. The number of benzene rings is 1. The van der Waals surface area contributed by atoms with Gasteiger partial charge >= 0.3 is 0 Å². The van der Waals surface area contributed by atoms with E-state index in [0.29, 0.717) is 26.1 Å². The number of aromatic nitrogens is 4. The molecule has 1 aromatic carbocycles. The summed E-state index contributed by atoms with van der Waals surface area (Å²) in [6.45, 7) is 0. The smallest absolute Gasteiger partial charge is 0.215 e. The van der Waals surface area contributed by atoms with Crippen LogP contribution in [0.15, 0.2) is 46.6 Å². The van der Waals surface area contributed by atoms with Gasteiger partial charge in [-0.15, -0.1) is 5.10 Å². The number of halogens is 2. The zero-order chi connectivity index (χ0) is 15.5. The molecule has 0 bridgehead atoms. The summed E-state index contributed by atoms with van der Waals surface area (Å²) in [6.07, 6.45) is 0. The van der Waals surface area contributed by atoms with E-state index < -0.39 is 0 Å². The maximum Gasteiger partial charge on any atom is 0.215 e. The van der Waals surface area contributed by atoms with Crippen molar-refractivity contribution in [2.75, 3.05) is 0 Å². The largest absolute Gasteiger partial charge is 0.258 e. The fourth-order valence-electron chi connectivity index (χ4n) is 1.68. The molecule has 1 N–H and O–H groups in total. The van der Waals surface area contributed by atoms with E-state index in [1.165, 1.54) is 11.8 Å². The molecule has 2 heterocycles. The fourth-order valence-corrected chi connectivity index (χ4v) is 2.64. The normalized spacial score (nSPS) is 10.4. The van der Waals surface area contributed by atoms with Crippen molar-refractivity contribution in [3.8, 4) is 17.5 Å². The quantitative estimate of drug-likeness (QED) is 0.768. The second-order valence-corrected chi connectivity index (χ2v) is 6.00. The summed E-state index contributed by atoms with van der Waals surface area (Å²) >= 11 is 13.0. The van der Waals surface area contributed by atoms with Gasteiger partial charge in [0.1, 0.15) is 11.1 Å². The molecule has 0 unspecified atom stereocenters. The minimum absolute atomic E-state index is 0.181. The van der Waals surface area contributed by atoms with Crippen LogP contribution < -0.4 is 0 Å². The van der Waals surface area contributed by atoms with Crippen LogP contribution in [0.5, 0.6) is 0 Å². The highest BCUT2D eigenvalue weighted by Crippen LogP contribution is 2.27. The molecule has 3 rings (SSSR count). The van der Waals surface area contributed by atoms with Crippen molar-refractivity contribution in [2.24, 2.45) is 0 Å². The van der Waals surface area contributed by atoms with Crippen LogP contribution in [0.2, 0.25) is 10.0 Å². The van der Waals surface area contributed by atoms with Gasteiger partial charge in [0, 0.05) is 10.6 Å². The van der Waals surface area contributed by atoms with E-state index in [1.807, 2.05) is 18.2 Å². The molecule has 0 saturated heterocycles. The van der Waals surface area contributed by atoms with Crippen molar-refractivity contribution in [1.82, 2.24) is 20.2 Å². The number of pyridine rings is 1. The van der Waals surface area contributed by atoms with Crippen LogP contribution in [-0.2, 0) is 0 Å². The number of H-pyrrole nitrogens is 1. The number of hydrogen-bond acceptors (Lipinski definition) is 5. The van der Waals surface area contributed by atoms with Crippen LogP contribution in [0, 0.1) is 11.3 Å². The third kappa shape index (κ3) is 3.22. The van der Waals surface area contributed by atoms with Gasteiger partial charge in [0.25, 0.3) is 0 Å². The lowest BCUT2D eigenvalue weighted by molar-refractivity contribution is 0.966. The standard InChI is InChI=1S/C14H7Cl2N5S/c15-9-3-1-8(2-4-9)13-19-14(21-20-13)22-12-6-5-10(16)11(7-17)18-12/h1-6H,(H,19,20,21). The summed E-state index contributed by atoms with van der Waals surface area (Å²) in [4.78, 5) is 8.52. The predicted octanol–water partition coefficient (Wildman–Crippen LogP) is 4.20. The molecule has 0 atom stereocenters. The number of aromatic amines is 1.